The average molecular weight is 383 g/mol. The number of hydrogen-bond acceptors (Lipinski definition) is 6. The summed E-state index contributed by atoms with van der Waals surface area (Å²) in [6, 6.07) is 4.70. The summed E-state index contributed by atoms with van der Waals surface area (Å²) >= 11 is 4.51. The van der Waals surface area contributed by atoms with Crippen molar-refractivity contribution in [3.8, 4) is 0 Å². The Labute approximate surface area is 153 Å². The number of aliphatic imine (C=N–C) groups is 1. The average Bonchev–Trinajstić information content (AvgIpc) is 2.83. The van der Waals surface area contributed by atoms with Crippen LogP contribution in [0.2, 0.25) is 0 Å². The lowest BCUT2D eigenvalue weighted by atomic mass is 10.2. The Hall–Kier alpha value is -1.83. The first kappa shape index (κ1) is 18.0. The minimum absolute atomic E-state index is 0.247. The van der Waals surface area contributed by atoms with E-state index in [2.05, 4.69) is 22.4 Å². The number of isothiocyanates is 1. The number of amides is 1. The number of rotatable bonds is 4. The standard InChI is InChI=1S/C16H18FN3O3S2/c17-14-8-12(20-10-13(9-18-11-24)23-16(20)21)2-3-15(14)19-4-1-6-25(22)7-5-19/h2-3,8,13H,1,4-7,9-10H2/t13-,25?/m0/s1. The second-order valence-electron chi connectivity index (χ2n) is 5.87. The van der Waals surface area contributed by atoms with Crippen molar-refractivity contribution in [2.24, 2.45) is 4.99 Å². The van der Waals surface area contributed by atoms with Gasteiger partial charge in [-0.15, -0.1) is 0 Å². The van der Waals surface area contributed by atoms with Crippen molar-refractivity contribution in [3.63, 3.8) is 0 Å². The lowest BCUT2D eigenvalue weighted by molar-refractivity contribution is 0.145. The molecule has 2 heterocycles. The molecule has 0 aromatic heterocycles. The minimum atomic E-state index is -0.832. The maximum absolute atomic E-state index is 14.6. The van der Waals surface area contributed by atoms with E-state index in [0.717, 1.165) is 6.42 Å². The lowest BCUT2D eigenvalue weighted by Gasteiger charge is -2.23. The highest BCUT2D eigenvalue weighted by molar-refractivity contribution is 7.85. The van der Waals surface area contributed by atoms with Crippen LogP contribution in [-0.4, -0.2) is 59.3 Å². The van der Waals surface area contributed by atoms with Crippen molar-refractivity contribution in [2.75, 3.05) is 47.5 Å². The smallest absolute Gasteiger partial charge is 0.414 e. The molecule has 0 saturated carbocycles. The van der Waals surface area contributed by atoms with Crippen LogP contribution in [0.3, 0.4) is 0 Å². The number of thiocarbonyl (C=S) groups is 1. The number of ether oxygens (including phenoxy) is 1. The molecule has 1 aromatic rings. The highest BCUT2D eigenvalue weighted by Crippen LogP contribution is 2.28. The Morgan fingerprint density at radius 2 is 2.24 bits per heavy atom. The molecule has 6 nitrogen and oxygen atoms in total. The van der Waals surface area contributed by atoms with Crippen LogP contribution in [0, 0.1) is 5.82 Å². The van der Waals surface area contributed by atoms with Gasteiger partial charge in [-0.05, 0) is 36.8 Å². The van der Waals surface area contributed by atoms with Crippen LogP contribution < -0.4 is 9.80 Å². The topological polar surface area (TPSA) is 62.2 Å². The summed E-state index contributed by atoms with van der Waals surface area (Å²) in [7, 11) is -0.832. The number of nitrogens with zero attached hydrogens (tertiary/aromatic N) is 3. The molecule has 0 N–H and O–H groups in total. The summed E-state index contributed by atoms with van der Waals surface area (Å²) in [6.45, 7) is 1.77. The van der Waals surface area contributed by atoms with Crippen molar-refractivity contribution >= 4 is 45.6 Å². The summed E-state index contributed by atoms with van der Waals surface area (Å²) in [5, 5.41) is 2.24. The molecule has 25 heavy (non-hydrogen) atoms. The van der Waals surface area contributed by atoms with E-state index in [9.17, 15) is 13.4 Å². The quantitative estimate of drug-likeness (QED) is 0.589. The lowest BCUT2D eigenvalue weighted by Crippen LogP contribution is -2.28. The molecular formula is C16H18FN3O3S2. The molecule has 2 aliphatic heterocycles. The zero-order chi connectivity index (χ0) is 17.8. The van der Waals surface area contributed by atoms with Gasteiger partial charge in [0.05, 0.1) is 29.6 Å². The molecule has 0 bridgehead atoms. The summed E-state index contributed by atoms with van der Waals surface area (Å²) in [5.74, 6) is 0.793. The summed E-state index contributed by atoms with van der Waals surface area (Å²) < 4.78 is 31.4. The van der Waals surface area contributed by atoms with E-state index < -0.39 is 28.8 Å². The molecule has 1 aromatic carbocycles. The van der Waals surface area contributed by atoms with Gasteiger partial charge in [0.25, 0.3) is 0 Å². The van der Waals surface area contributed by atoms with Crippen LogP contribution in [0.15, 0.2) is 23.2 Å². The fourth-order valence-electron chi connectivity index (χ4n) is 2.97. The maximum atomic E-state index is 14.6. The molecule has 2 fully saturated rings. The fourth-order valence-corrected chi connectivity index (χ4v) is 4.12. The predicted octanol–water partition coefficient (Wildman–Crippen LogP) is 2.21. The van der Waals surface area contributed by atoms with Crippen LogP contribution in [0.5, 0.6) is 0 Å². The van der Waals surface area contributed by atoms with E-state index in [0.29, 0.717) is 42.5 Å². The zero-order valence-electron chi connectivity index (χ0n) is 13.5. The number of carbonyl (C=O) groups excluding carboxylic acids is 1. The van der Waals surface area contributed by atoms with E-state index >= 15 is 0 Å². The highest BCUT2D eigenvalue weighted by Gasteiger charge is 2.32. The van der Waals surface area contributed by atoms with E-state index in [4.69, 9.17) is 4.74 Å². The number of halogens is 1. The number of benzene rings is 1. The normalized spacial score (nSPS) is 23.8. The molecule has 1 unspecified atom stereocenters. The molecule has 2 saturated heterocycles. The van der Waals surface area contributed by atoms with E-state index in [1.54, 1.807) is 12.1 Å². The summed E-state index contributed by atoms with van der Waals surface area (Å²) in [6.07, 6.45) is -0.165. The molecule has 3 rings (SSSR count). The maximum Gasteiger partial charge on any atom is 0.414 e. The van der Waals surface area contributed by atoms with E-state index in [1.807, 2.05) is 4.90 Å². The molecule has 0 aliphatic carbocycles. The number of carbonyl (C=O) groups is 1. The Morgan fingerprint density at radius 3 is 3.00 bits per heavy atom. The first-order chi connectivity index (χ1) is 12.1. The molecule has 1 amide bonds. The number of cyclic esters (lactones) is 1. The molecular weight excluding hydrogens is 365 g/mol. The SMILES string of the molecule is O=C1O[C@@H](CN=C=S)CN1c1ccc(N2CCCS(=O)CC2)c(F)c1. The number of hydrogen-bond donors (Lipinski definition) is 0. The van der Waals surface area contributed by atoms with Crippen LogP contribution >= 0.6 is 12.2 Å². The van der Waals surface area contributed by atoms with Crippen LogP contribution in [-0.2, 0) is 15.5 Å². The zero-order valence-corrected chi connectivity index (χ0v) is 15.2. The first-order valence-electron chi connectivity index (χ1n) is 7.99. The molecule has 9 heteroatoms. The van der Waals surface area contributed by atoms with Gasteiger partial charge in [0, 0.05) is 35.4 Å². The third-order valence-electron chi connectivity index (χ3n) is 4.21. The molecule has 2 atom stereocenters. The molecule has 0 radical (unpaired) electrons. The third-order valence-corrected chi connectivity index (χ3v) is 5.72. The Balaban J connectivity index is 1.74. The Bertz CT molecular complexity index is 739. The van der Waals surface area contributed by atoms with Crippen molar-refractivity contribution < 1.29 is 18.1 Å². The summed E-state index contributed by atoms with van der Waals surface area (Å²) in [5.41, 5.74) is 0.913. The van der Waals surface area contributed by atoms with Crippen LogP contribution in [0.4, 0.5) is 20.6 Å². The van der Waals surface area contributed by atoms with Crippen LogP contribution in [0.25, 0.3) is 0 Å². The van der Waals surface area contributed by atoms with Crippen molar-refractivity contribution in [2.45, 2.75) is 12.5 Å². The third kappa shape index (κ3) is 4.23. The molecule has 0 spiro atoms. The first-order valence-corrected chi connectivity index (χ1v) is 9.89. The van der Waals surface area contributed by atoms with Gasteiger partial charge in [0.1, 0.15) is 11.9 Å². The van der Waals surface area contributed by atoms with Crippen molar-refractivity contribution in [1.29, 1.82) is 0 Å². The van der Waals surface area contributed by atoms with Crippen LogP contribution in [0.1, 0.15) is 6.42 Å². The summed E-state index contributed by atoms with van der Waals surface area (Å²) in [4.78, 5) is 19.0. The van der Waals surface area contributed by atoms with Gasteiger partial charge in [-0.25, -0.2) is 14.2 Å². The van der Waals surface area contributed by atoms with Crippen molar-refractivity contribution in [1.82, 2.24) is 0 Å². The highest BCUT2D eigenvalue weighted by atomic mass is 32.2. The second-order valence-corrected chi connectivity index (χ2v) is 7.75. The van der Waals surface area contributed by atoms with Gasteiger partial charge < -0.3 is 9.64 Å². The second kappa shape index (κ2) is 8.03. The van der Waals surface area contributed by atoms with E-state index in [-0.39, 0.29) is 6.54 Å². The number of anilines is 2. The molecule has 134 valence electrons. The Morgan fingerprint density at radius 1 is 1.40 bits per heavy atom. The fraction of sp³-hybridized carbons (Fsp3) is 0.500. The Kier molecular flexibility index (Phi) is 5.78. The minimum Gasteiger partial charge on any atom is -0.442 e. The van der Waals surface area contributed by atoms with Gasteiger partial charge in [0.2, 0.25) is 0 Å². The van der Waals surface area contributed by atoms with Gasteiger partial charge in [0.15, 0.2) is 0 Å². The van der Waals surface area contributed by atoms with Gasteiger partial charge >= 0.3 is 6.09 Å². The van der Waals surface area contributed by atoms with Gasteiger partial charge in [-0.1, -0.05) is 0 Å². The largest absolute Gasteiger partial charge is 0.442 e. The van der Waals surface area contributed by atoms with Gasteiger partial charge in [-0.2, -0.15) is 0 Å². The molecule has 2 aliphatic rings. The predicted molar refractivity (Wildman–Crippen MR) is 98.6 cm³/mol. The monoisotopic (exact) mass is 383 g/mol. The van der Waals surface area contributed by atoms with E-state index in [1.165, 1.54) is 11.0 Å². The van der Waals surface area contributed by atoms with Gasteiger partial charge in [-0.3, -0.25) is 9.11 Å². The van der Waals surface area contributed by atoms with Crippen molar-refractivity contribution in [3.05, 3.63) is 24.0 Å².